The third-order valence-corrected chi connectivity index (χ3v) is 2.84. The largest absolute Gasteiger partial charge is 0.496 e. The number of hydrogen-bond donors (Lipinski definition) is 2. The monoisotopic (exact) mass is 265 g/mol. The second-order valence-electron chi connectivity index (χ2n) is 5.35. The molecule has 0 aliphatic carbocycles. The van der Waals surface area contributed by atoms with Crippen molar-refractivity contribution in [3.05, 3.63) is 29.3 Å². The Labute approximate surface area is 112 Å². The molecule has 5 nitrogen and oxygen atoms in total. The predicted molar refractivity (Wildman–Crippen MR) is 71.6 cm³/mol. The summed E-state index contributed by atoms with van der Waals surface area (Å²) in [5, 5.41) is 8.77. The Morgan fingerprint density at radius 2 is 1.89 bits per heavy atom. The van der Waals surface area contributed by atoms with Crippen LogP contribution in [-0.2, 0) is 10.2 Å². The second kappa shape index (κ2) is 5.40. The number of carbonyl (C=O) groups is 2. The third kappa shape index (κ3) is 3.32. The maximum absolute atomic E-state index is 11.9. The molecule has 0 fully saturated rings. The summed E-state index contributed by atoms with van der Waals surface area (Å²) in [6.45, 7) is 5.95. The standard InChI is InChI=1S/C14H19NO4/c1-14(2,3)9-7-8(5-6-10(9)19-4)12(16)11(15)13(17)18/h5-7,11H,15H2,1-4H3,(H,17,18). The minimum atomic E-state index is -1.54. The number of carboxylic acid groups (broad SMARTS) is 1. The van der Waals surface area contributed by atoms with Gasteiger partial charge in [0.05, 0.1) is 7.11 Å². The second-order valence-corrected chi connectivity index (χ2v) is 5.35. The van der Waals surface area contributed by atoms with Crippen LogP contribution in [0.3, 0.4) is 0 Å². The summed E-state index contributed by atoms with van der Waals surface area (Å²) < 4.78 is 5.26. The van der Waals surface area contributed by atoms with Crippen LogP contribution in [0, 0.1) is 0 Å². The van der Waals surface area contributed by atoms with E-state index < -0.39 is 17.8 Å². The number of hydrogen-bond acceptors (Lipinski definition) is 4. The maximum Gasteiger partial charge on any atom is 0.328 e. The summed E-state index contributed by atoms with van der Waals surface area (Å²) in [6.07, 6.45) is 0. The lowest BCUT2D eigenvalue weighted by atomic mass is 9.84. The first kappa shape index (κ1) is 15.2. The molecule has 1 unspecified atom stereocenters. The quantitative estimate of drug-likeness (QED) is 0.637. The van der Waals surface area contributed by atoms with Gasteiger partial charge in [0.1, 0.15) is 5.75 Å². The van der Waals surface area contributed by atoms with E-state index in [0.717, 1.165) is 5.56 Å². The highest BCUT2D eigenvalue weighted by Crippen LogP contribution is 2.32. The van der Waals surface area contributed by atoms with E-state index in [1.165, 1.54) is 6.07 Å². The van der Waals surface area contributed by atoms with Crippen LogP contribution < -0.4 is 10.5 Å². The lowest BCUT2D eigenvalue weighted by molar-refractivity contribution is -0.137. The molecule has 0 aliphatic rings. The van der Waals surface area contributed by atoms with E-state index in [1.807, 2.05) is 20.8 Å². The fourth-order valence-electron chi connectivity index (χ4n) is 1.74. The summed E-state index contributed by atoms with van der Waals surface area (Å²) in [5.41, 5.74) is 6.22. The number of nitrogens with two attached hydrogens (primary N) is 1. The van der Waals surface area contributed by atoms with Crippen LogP contribution in [-0.4, -0.2) is 30.0 Å². The van der Waals surface area contributed by atoms with E-state index in [-0.39, 0.29) is 11.0 Å². The van der Waals surface area contributed by atoms with Crippen molar-refractivity contribution in [3.8, 4) is 5.75 Å². The van der Waals surface area contributed by atoms with Crippen LogP contribution in [0.25, 0.3) is 0 Å². The van der Waals surface area contributed by atoms with Crippen molar-refractivity contribution in [2.45, 2.75) is 32.2 Å². The summed E-state index contributed by atoms with van der Waals surface area (Å²) in [4.78, 5) is 22.7. The van der Waals surface area contributed by atoms with Gasteiger partial charge in [0.15, 0.2) is 11.8 Å². The summed E-state index contributed by atoms with van der Waals surface area (Å²) in [5.74, 6) is -1.29. The average Bonchev–Trinajstić information content (AvgIpc) is 2.35. The van der Waals surface area contributed by atoms with Gasteiger partial charge in [0, 0.05) is 11.1 Å². The number of rotatable bonds is 4. The Morgan fingerprint density at radius 3 is 2.32 bits per heavy atom. The molecule has 0 bridgehead atoms. The van der Waals surface area contributed by atoms with E-state index in [4.69, 9.17) is 15.6 Å². The average molecular weight is 265 g/mol. The molecule has 19 heavy (non-hydrogen) atoms. The zero-order chi connectivity index (χ0) is 14.8. The molecule has 1 rings (SSSR count). The molecule has 0 spiro atoms. The lowest BCUT2D eigenvalue weighted by Gasteiger charge is -2.23. The number of Topliss-reactive ketones (excluding diaryl/α,β-unsaturated/α-hetero) is 1. The number of methoxy groups -OCH3 is 1. The molecule has 0 saturated heterocycles. The zero-order valence-corrected chi connectivity index (χ0v) is 11.6. The molecule has 0 heterocycles. The SMILES string of the molecule is COc1ccc(C(=O)C(N)C(=O)O)cc1C(C)(C)C. The smallest absolute Gasteiger partial charge is 0.328 e. The van der Waals surface area contributed by atoms with Crippen molar-refractivity contribution in [2.24, 2.45) is 5.73 Å². The van der Waals surface area contributed by atoms with Gasteiger partial charge in [-0.1, -0.05) is 20.8 Å². The van der Waals surface area contributed by atoms with E-state index >= 15 is 0 Å². The van der Waals surface area contributed by atoms with E-state index in [2.05, 4.69) is 0 Å². The van der Waals surface area contributed by atoms with Crippen LogP contribution in [0.15, 0.2) is 18.2 Å². The highest BCUT2D eigenvalue weighted by molar-refractivity contribution is 6.11. The van der Waals surface area contributed by atoms with Gasteiger partial charge in [-0.3, -0.25) is 9.59 Å². The molecule has 1 atom stereocenters. The molecule has 0 radical (unpaired) electrons. The Balaban J connectivity index is 3.26. The predicted octanol–water partition coefficient (Wildman–Crippen LogP) is 1.59. The zero-order valence-electron chi connectivity index (χ0n) is 11.6. The number of ether oxygens (including phenoxy) is 1. The molecule has 0 saturated carbocycles. The Bertz CT molecular complexity index is 503. The highest BCUT2D eigenvalue weighted by Gasteiger charge is 2.26. The molecule has 0 aromatic heterocycles. The summed E-state index contributed by atoms with van der Waals surface area (Å²) in [6, 6.07) is 3.28. The topological polar surface area (TPSA) is 89.6 Å². The minimum absolute atomic E-state index is 0.227. The van der Waals surface area contributed by atoms with Gasteiger partial charge in [-0.05, 0) is 23.6 Å². The number of carboxylic acids is 1. The van der Waals surface area contributed by atoms with Crippen LogP contribution >= 0.6 is 0 Å². The van der Waals surface area contributed by atoms with Gasteiger partial charge in [0.2, 0.25) is 0 Å². The maximum atomic E-state index is 11.9. The third-order valence-electron chi connectivity index (χ3n) is 2.84. The Hall–Kier alpha value is -1.88. The van der Waals surface area contributed by atoms with Gasteiger partial charge >= 0.3 is 5.97 Å². The molecule has 0 aliphatic heterocycles. The summed E-state index contributed by atoms with van der Waals surface area (Å²) >= 11 is 0. The van der Waals surface area contributed by atoms with Crippen molar-refractivity contribution in [3.63, 3.8) is 0 Å². The van der Waals surface area contributed by atoms with Crippen molar-refractivity contribution in [1.29, 1.82) is 0 Å². The van der Waals surface area contributed by atoms with E-state index in [1.54, 1.807) is 19.2 Å². The molecule has 1 aromatic carbocycles. The lowest BCUT2D eigenvalue weighted by Crippen LogP contribution is -2.38. The number of ketones is 1. The molecule has 0 amide bonds. The molecular formula is C14H19NO4. The first-order valence-electron chi connectivity index (χ1n) is 5.89. The van der Waals surface area contributed by atoms with Gasteiger partial charge in [-0.2, -0.15) is 0 Å². The van der Waals surface area contributed by atoms with Gasteiger partial charge in [-0.15, -0.1) is 0 Å². The van der Waals surface area contributed by atoms with Crippen molar-refractivity contribution in [2.75, 3.05) is 7.11 Å². The minimum Gasteiger partial charge on any atom is -0.496 e. The molecule has 104 valence electrons. The van der Waals surface area contributed by atoms with Crippen LogP contribution in [0.4, 0.5) is 0 Å². The normalized spacial score (nSPS) is 12.9. The fraction of sp³-hybridized carbons (Fsp3) is 0.429. The van der Waals surface area contributed by atoms with Crippen LogP contribution in [0.5, 0.6) is 5.75 Å². The molecule has 1 aromatic rings. The van der Waals surface area contributed by atoms with Crippen LogP contribution in [0.1, 0.15) is 36.7 Å². The molecule has 3 N–H and O–H groups in total. The van der Waals surface area contributed by atoms with E-state index in [0.29, 0.717) is 5.75 Å². The van der Waals surface area contributed by atoms with E-state index in [9.17, 15) is 9.59 Å². The number of benzene rings is 1. The van der Waals surface area contributed by atoms with Crippen molar-refractivity contribution >= 4 is 11.8 Å². The first-order valence-corrected chi connectivity index (χ1v) is 5.89. The van der Waals surface area contributed by atoms with Crippen molar-refractivity contribution in [1.82, 2.24) is 0 Å². The summed E-state index contributed by atoms with van der Waals surface area (Å²) in [7, 11) is 1.55. The highest BCUT2D eigenvalue weighted by atomic mass is 16.5. The number of carbonyl (C=O) groups excluding carboxylic acids is 1. The van der Waals surface area contributed by atoms with Crippen molar-refractivity contribution < 1.29 is 19.4 Å². The number of aliphatic carboxylic acids is 1. The fourth-order valence-corrected chi connectivity index (χ4v) is 1.74. The molecule has 5 heteroatoms. The van der Waals surface area contributed by atoms with Gasteiger partial charge < -0.3 is 15.6 Å². The van der Waals surface area contributed by atoms with Gasteiger partial charge in [0.25, 0.3) is 0 Å². The first-order chi connectivity index (χ1) is 8.68. The Kier molecular flexibility index (Phi) is 4.32. The van der Waals surface area contributed by atoms with Crippen LogP contribution in [0.2, 0.25) is 0 Å². The van der Waals surface area contributed by atoms with Gasteiger partial charge in [-0.25, -0.2) is 0 Å². The Morgan fingerprint density at radius 1 is 1.32 bits per heavy atom. The molecular weight excluding hydrogens is 246 g/mol.